The number of nitrogens with zero attached hydrogens (tertiary/aromatic N) is 1. The van der Waals surface area contributed by atoms with E-state index in [0.717, 1.165) is 12.1 Å². The largest absolute Gasteiger partial charge is 0.380 e. The van der Waals surface area contributed by atoms with E-state index in [4.69, 9.17) is 16.3 Å². The molecule has 18 heavy (non-hydrogen) atoms. The van der Waals surface area contributed by atoms with E-state index in [1.165, 1.54) is 0 Å². The molecule has 0 aliphatic heterocycles. The first-order valence-electron chi connectivity index (χ1n) is 6.11. The molecule has 0 bridgehead atoms. The molecule has 0 spiro atoms. The summed E-state index contributed by atoms with van der Waals surface area (Å²) < 4.78 is 5.25. The zero-order chi connectivity index (χ0) is 13.5. The molecule has 0 aliphatic rings. The van der Waals surface area contributed by atoms with Crippen LogP contribution in [-0.4, -0.2) is 30.1 Å². The summed E-state index contributed by atoms with van der Waals surface area (Å²) in [4.78, 5) is 16.1. The quantitative estimate of drug-likeness (QED) is 0.808. The van der Waals surface area contributed by atoms with Crippen LogP contribution < -0.4 is 5.32 Å². The molecule has 0 aliphatic carbocycles. The number of aryl methyl sites for hydroxylation is 1. The van der Waals surface area contributed by atoms with Gasteiger partial charge >= 0.3 is 0 Å². The summed E-state index contributed by atoms with van der Waals surface area (Å²) in [5.41, 5.74) is 1.35. The van der Waals surface area contributed by atoms with Crippen LogP contribution in [0.15, 0.2) is 12.1 Å². The van der Waals surface area contributed by atoms with Gasteiger partial charge in [-0.15, -0.1) is 0 Å². The van der Waals surface area contributed by atoms with Gasteiger partial charge in [-0.05, 0) is 32.4 Å². The molecule has 1 rings (SSSR count). The van der Waals surface area contributed by atoms with Crippen molar-refractivity contribution >= 4 is 17.5 Å². The molecule has 5 heteroatoms. The van der Waals surface area contributed by atoms with Crippen molar-refractivity contribution in [3.05, 3.63) is 28.5 Å². The fraction of sp³-hybridized carbons (Fsp3) is 0.538. The number of amides is 1. The molecule has 0 saturated carbocycles. The Labute approximate surface area is 113 Å². The van der Waals surface area contributed by atoms with Crippen LogP contribution in [-0.2, 0) is 11.2 Å². The highest BCUT2D eigenvalue weighted by Gasteiger charge is 2.11. The van der Waals surface area contributed by atoms with Crippen LogP contribution in [0.2, 0.25) is 5.15 Å². The van der Waals surface area contributed by atoms with Crippen molar-refractivity contribution in [1.82, 2.24) is 10.3 Å². The number of pyridine rings is 1. The van der Waals surface area contributed by atoms with E-state index in [2.05, 4.69) is 10.3 Å². The summed E-state index contributed by atoms with van der Waals surface area (Å²) >= 11 is 5.88. The minimum Gasteiger partial charge on any atom is -0.380 e. The molecule has 1 atom stereocenters. The first-order valence-corrected chi connectivity index (χ1v) is 6.49. The SMILES string of the molecule is CCOCC(C)NC(=O)c1cc(Cl)nc(CC)c1. The van der Waals surface area contributed by atoms with E-state index < -0.39 is 0 Å². The summed E-state index contributed by atoms with van der Waals surface area (Å²) in [5.74, 6) is -0.152. The molecule has 0 fully saturated rings. The number of carbonyl (C=O) groups excluding carboxylic acids is 1. The molecule has 1 aromatic rings. The number of halogens is 1. The Kier molecular flexibility index (Phi) is 6.09. The fourth-order valence-corrected chi connectivity index (χ4v) is 1.73. The Hall–Kier alpha value is -1.13. The Morgan fingerprint density at radius 3 is 2.83 bits per heavy atom. The number of hydrogen-bond acceptors (Lipinski definition) is 3. The Morgan fingerprint density at radius 1 is 1.50 bits per heavy atom. The molecule has 1 heterocycles. The van der Waals surface area contributed by atoms with Gasteiger partial charge in [0.25, 0.3) is 5.91 Å². The highest BCUT2D eigenvalue weighted by molar-refractivity contribution is 6.29. The molecule has 100 valence electrons. The number of ether oxygens (including phenoxy) is 1. The van der Waals surface area contributed by atoms with Gasteiger partial charge in [0.15, 0.2) is 0 Å². The van der Waals surface area contributed by atoms with Gasteiger partial charge in [-0.1, -0.05) is 18.5 Å². The summed E-state index contributed by atoms with van der Waals surface area (Å²) in [7, 11) is 0. The molecule has 0 saturated heterocycles. The van der Waals surface area contributed by atoms with Gasteiger partial charge in [-0.3, -0.25) is 4.79 Å². The smallest absolute Gasteiger partial charge is 0.251 e. The number of carbonyl (C=O) groups is 1. The lowest BCUT2D eigenvalue weighted by Gasteiger charge is -2.14. The standard InChI is InChI=1S/C13H19ClN2O2/c1-4-11-6-10(7-12(14)16-11)13(17)15-9(3)8-18-5-2/h6-7,9H,4-5,8H2,1-3H3,(H,15,17). The van der Waals surface area contributed by atoms with Crippen molar-refractivity contribution in [1.29, 1.82) is 0 Å². The number of hydrogen-bond donors (Lipinski definition) is 1. The van der Waals surface area contributed by atoms with E-state index in [0.29, 0.717) is 23.9 Å². The van der Waals surface area contributed by atoms with Gasteiger partial charge in [0.2, 0.25) is 0 Å². The summed E-state index contributed by atoms with van der Waals surface area (Å²) in [6.45, 7) is 6.93. The van der Waals surface area contributed by atoms with Crippen molar-refractivity contribution in [3.63, 3.8) is 0 Å². The molecule has 1 amide bonds. The van der Waals surface area contributed by atoms with Crippen molar-refractivity contribution in [2.75, 3.05) is 13.2 Å². The lowest BCUT2D eigenvalue weighted by Crippen LogP contribution is -2.36. The Balaban J connectivity index is 2.68. The maximum Gasteiger partial charge on any atom is 0.251 e. The van der Waals surface area contributed by atoms with Gasteiger partial charge in [-0.2, -0.15) is 0 Å². The third-order valence-electron chi connectivity index (χ3n) is 2.42. The zero-order valence-electron chi connectivity index (χ0n) is 11.0. The van der Waals surface area contributed by atoms with Gasteiger partial charge in [-0.25, -0.2) is 4.98 Å². The van der Waals surface area contributed by atoms with E-state index in [-0.39, 0.29) is 11.9 Å². The number of aromatic nitrogens is 1. The molecule has 0 radical (unpaired) electrons. The topological polar surface area (TPSA) is 51.2 Å². The molecule has 1 unspecified atom stereocenters. The summed E-state index contributed by atoms with van der Waals surface area (Å²) in [5, 5.41) is 3.20. The predicted molar refractivity (Wildman–Crippen MR) is 72.0 cm³/mol. The van der Waals surface area contributed by atoms with Gasteiger partial charge in [0, 0.05) is 23.9 Å². The second-order valence-electron chi connectivity index (χ2n) is 4.06. The lowest BCUT2D eigenvalue weighted by atomic mass is 10.2. The average Bonchev–Trinajstić information content (AvgIpc) is 2.35. The molecule has 0 aromatic carbocycles. The summed E-state index contributed by atoms with van der Waals surface area (Å²) in [6, 6.07) is 3.30. The van der Waals surface area contributed by atoms with E-state index >= 15 is 0 Å². The minimum atomic E-state index is -0.152. The van der Waals surface area contributed by atoms with Crippen molar-refractivity contribution < 1.29 is 9.53 Å². The highest BCUT2D eigenvalue weighted by Crippen LogP contribution is 2.11. The first kappa shape index (κ1) is 14.9. The molecule has 1 N–H and O–H groups in total. The van der Waals surface area contributed by atoms with Crippen LogP contribution in [0.25, 0.3) is 0 Å². The summed E-state index contributed by atoms with van der Waals surface area (Å²) in [6.07, 6.45) is 0.745. The molecule has 1 aromatic heterocycles. The van der Waals surface area contributed by atoms with E-state index in [1.54, 1.807) is 12.1 Å². The van der Waals surface area contributed by atoms with Gasteiger partial charge < -0.3 is 10.1 Å². The third-order valence-corrected chi connectivity index (χ3v) is 2.61. The average molecular weight is 271 g/mol. The van der Waals surface area contributed by atoms with Crippen LogP contribution in [0.3, 0.4) is 0 Å². The number of nitrogens with one attached hydrogen (secondary N) is 1. The lowest BCUT2D eigenvalue weighted by molar-refractivity contribution is 0.0872. The highest BCUT2D eigenvalue weighted by atomic mass is 35.5. The van der Waals surface area contributed by atoms with Crippen LogP contribution >= 0.6 is 11.6 Å². The van der Waals surface area contributed by atoms with Crippen LogP contribution in [0.1, 0.15) is 36.8 Å². The maximum atomic E-state index is 12.0. The first-order chi connectivity index (χ1) is 8.56. The van der Waals surface area contributed by atoms with E-state index in [9.17, 15) is 4.79 Å². The van der Waals surface area contributed by atoms with E-state index in [1.807, 2.05) is 20.8 Å². The second kappa shape index (κ2) is 7.34. The second-order valence-corrected chi connectivity index (χ2v) is 4.44. The van der Waals surface area contributed by atoms with Crippen LogP contribution in [0, 0.1) is 0 Å². The number of rotatable bonds is 6. The maximum absolute atomic E-state index is 12.0. The fourth-order valence-electron chi connectivity index (χ4n) is 1.51. The van der Waals surface area contributed by atoms with Crippen molar-refractivity contribution in [2.24, 2.45) is 0 Å². The molecular formula is C13H19ClN2O2. The Bertz CT molecular complexity index is 410. The predicted octanol–water partition coefficient (Wildman–Crippen LogP) is 2.45. The monoisotopic (exact) mass is 270 g/mol. The normalized spacial score (nSPS) is 12.2. The molecule has 4 nitrogen and oxygen atoms in total. The van der Waals surface area contributed by atoms with Crippen molar-refractivity contribution in [3.8, 4) is 0 Å². The third kappa shape index (κ3) is 4.63. The zero-order valence-corrected chi connectivity index (χ0v) is 11.8. The minimum absolute atomic E-state index is 0.0329. The Morgan fingerprint density at radius 2 is 2.22 bits per heavy atom. The van der Waals surface area contributed by atoms with Crippen LogP contribution in [0.4, 0.5) is 0 Å². The van der Waals surface area contributed by atoms with Crippen LogP contribution in [0.5, 0.6) is 0 Å². The van der Waals surface area contributed by atoms with Crippen molar-refractivity contribution in [2.45, 2.75) is 33.2 Å². The molecular weight excluding hydrogens is 252 g/mol. The van der Waals surface area contributed by atoms with Gasteiger partial charge in [0.05, 0.1) is 6.61 Å². The van der Waals surface area contributed by atoms with Gasteiger partial charge in [0.1, 0.15) is 5.15 Å².